The third-order valence-corrected chi connectivity index (χ3v) is 3.95. The Bertz CT molecular complexity index is 753. The summed E-state index contributed by atoms with van der Waals surface area (Å²) in [5, 5.41) is 18.0. The van der Waals surface area contributed by atoms with Crippen molar-refractivity contribution < 1.29 is 34.1 Å². The lowest BCUT2D eigenvalue weighted by Gasteiger charge is -2.40. The number of ketones is 1. The summed E-state index contributed by atoms with van der Waals surface area (Å²) in [6.45, 7) is 4.43. The van der Waals surface area contributed by atoms with Gasteiger partial charge in [0.05, 0.1) is 12.1 Å². The van der Waals surface area contributed by atoms with Gasteiger partial charge in [-0.15, -0.1) is 0 Å². The van der Waals surface area contributed by atoms with E-state index in [4.69, 9.17) is 9.84 Å². The molecular formula is C17H19NO7. The van der Waals surface area contributed by atoms with Crippen LogP contribution in [0.4, 0.5) is 5.69 Å². The molecule has 0 fully saturated rings. The average molecular weight is 349 g/mol. The average Bonchev–Trinajstić information content (AvgIpc) is 2.52. The Balaban J connectivity index is 2.46. The number of ether oxygens (including phenoxy) is 1. The van der Waals surface area contributed by atoms with E-state index in [0.29, 0.717) is 0 Å². The van der Waals surface area contributed by atoms with Crippen LogP contribution in [0.1, 0.15) is 44.0 Å². The summed E-state index contributed by atoms with van der Waals surface area (Å²) in [6, 6.07) is 3.17. The van der Waals surface area contributed by atoms with Crippen LogP contribution in [0.2, 0.25) is 0 Å². The van der Waals surface area contributed by atoms with Gasteiger partial charge in [0.25, 0.3) is 5.91 Å². The summed E-state index contributed by atoms with van der Waals surface area (Å²) in [5.74, 6) is -2.95. The number of nitrogens with zero attached hydrogens (tertiary/aromatic N) is 1. The summed E-state index contributed by atoms with van der Waals surface area (Å²) >= 11 is 0. The van der Waals surface area contributed by atoms with Crippen molar-refractivity contribution in [1.82, 2.24) is 0 Å². The number of hydrogen-bond acceptors (Lipinski definition) is 5. The monoisotopic (exact) mass is 349 g/mol. The first-order valence-corrected chi connectivity index (χ1v) is 7.69. The van der Waals surface area contributed by atoms with Crippen molar-refractivity contribution >= 4 is 29.3 Å². The van der Waals surface area contributed by atoms with Crippen LogP contribution in [0.3, 0.4) is 0 Å². The number of aliphatic carboxylic acids is 2. The Labute approximate surface area is 144 Å². The molecule has 2 N–H and O–H groups in total. The number of benzene rings is 1. The molecule has 1 aromatic rings. The van der Waals surface area contributed by atoms with E-state index in [1.165, 1.54) is 39.0 Å². The van der Waals surface area contributed by atoms with Crippen molar-refractivity contribution in [1.29, 1.82) is 0 Å². The minimum absolute atomic E-state index is 0.181. The number of hydrogen-bond donors (Lipinski definition) is 2. The summed E-state index contributed by atoms with van der Waals surface area (Å²) in [7, 11) is 0. The molecule has 2 rings (SSSR count). The first-order chi connectivity index (χ1) is 11.5. The number of carbonyl (C=O) groups excluding carboxylic acids is 2. The standard InChI is InChI=1S/C17H19NO7/c1-9(15(22)23)18-11-8-10(12(19)5-7-14(20)21)4-6-13(11)25-17(2,3)16(18)24/h4,6,8-9H,5,7H2,1-3H3,(H,20,21)(H,22,23). The molecule has 8 nitrogen and oxygen atoms in total. The fourth-order valence-electron chi connectivity index (χ4n) is 2.54. The van der Waals surface area contributed by atoms with Crippen molar-refractivity contribution in [2.45, 2.75) is 45.3 Å². The Kier molecular flexibility index (Phi) is 4.82. The molecule has 1 aliphatic rings. The molecule has 1 amide bonds. The predicted molar refractivity (Wildman–Crippen MR) is 86.9 cm³/mol. The van der Waals surface area contributed by atoms with Crippen LogP contribution in [-0.2, 0) is 14.4 Å². The Hall–Kier alpha value is -2.90. The van der Waals surface area contributed by atoms with Crippen molar-refractivity contribution in [3.05, 3.63) is 23.8 Å². The number of fused-ring (bicyclic) bond motifs is 1. The molecule has 0 radical (unpaired) electrons. The first-order valence-electron chi connectivity index (χ1n) is 7.69. The molecule has 8 heteroatoms. The normalized spacial score (nSPS) is 16.6. The molecule has 134 valence electrons. The van der Waals surface area contributed by atoms with E-state index in [-0.39, 0.29) is 29.8 Å². The molecule has 0 spiro atoms. The van der Waals surface area contributed by atoms with Gasteiger partial charge in [0, 0.05) is 12.0 Å². The van der Waals surface area contributed by atoms with Gasteiger partial charge in [-0.05, 0) is 39.0 Å². The summed E-state index contributed by atoms with van der Waals surface area (Å²) < 4.78 is 5.64. The van der Waals surface area contributed by atoms with E-state index in [1.54, 1.807) is 0 Å². The second-order valence-electron chi connectivity index (χ2n) is 6.30. The SMILES string of the molecule is CC(C(=O)O)N1C(=O)C(C)(C)Oc2ccc(C(=O)CCC(=O)O)cc21. The molecule has 1 unspecified atom stereocenters. The Morgan fingerprint density at radius 2 is 1.84 bits per heavy atom. The summed E-state index contributed by atoms with van der Waals surface area (Å²) in [5.41, 5.74) is -0.870. The molecule has 0 aliphatic carbocycles. The molecule has 0 saturated heterocycles. The van der Waals surface area contributed by atoms with E-state index < -0.39 is 35.3 Å². The second kappa shape index (κ2) is 6.54. The number of carboxylic acids is 2. The summed E-state index contributed by atoms with van der Waals surface area (Å²) in [6.07, 6.45) is -0.503. The van der Waals surface area contributed by atoms with Crippen molar-refractivity contribution in [2.24, 2.45) is 0 Å². The van der Waals surface area contributed by atoms with Crippen LogP contribution >= 0.6 is 0 Å². The van der Waals surface area contributed by atoms with Crippen molar-refractivity contribution in [2.75, 3.05) is 4.90 Å². The first kappa shape index (κ1) is 18.4. The fourth-order valence-corrected chi connectivity index (χ4v) is 2.54. The van der Waals surface area contributed by atoms with E-state index >= 15 is 0 Å². The molecule has 1 atom stereocenters. The van der Waals surface area contributed by atoms with Crippen LogP contribution < -0.4 is 9.64 Å². The van der Waals surface area contributed by atoms with Gasteiger partial charge in [0.1, 0.15) is 11.8 Å². The topological polar surface area (TPSA) is 121 Å². The van der Waals surface area contributed by atoms with Gasteiger partial charge < -0.3 is 14.9 Å². The smallest absolute Gasteiger partial charge is 0.326 e. The summed E-state index contributed by atoms with van der Waals surface area (Å²) in [4.78, 5) is 47.9. The zero-order valence-corrected chi connectivity index (χ0v) is 14.1. The van der Waals surface area contributed by atoms with Crippen LogP contribution in [-0.4, -0.2) is 45.5 Å². The maximum atomic E-state index is 12.6. The van der Waals surface area contributed by atoms with Crippen LogP contribution in [0.25, 0.3) is 0 Å². The van der Waals surface area contributed by atoms with Crippen LogP contribution in [0, 0.1) is 0 Å². The number of carbonyl (C=O) groups is 4. The third-order valence-electron chi connectivity index (χ3n) is 3.95. The molecule has 0 bridgehead atoms. The number of amides is 1. The molecule has 25 heavy (non-hydrogen) atoms. The van der Waals surface area contributed by atoms with Gasteiger partial charge in [0.2, 0.25) is 0 Å². The van der Waals surface area contributed by atoms with Crippen LogP contribution in [0.5, 0.6) is 5.75 Å². The number of Topliss-reactive ketones (excluding diaryl/α,β-unsaturated/α-hetero) is 1. The Morgan fingerprint density at radius 3 is 2.40 bits per heavy atom. The van der Waals surface area contributed by atoms with Gasteiger partial charge in [-0.2, -0.15) is 0 Å². The maximum absolute atomic E-state index is 12.6. The lowest BCUT2D eigenvalue weighted by atomic mass is 9.99. The quantitative estimate of drug-likeness (QED) is 0.750. The lowest BCUT2D eigenvalue weighted by Crippen LogP contribution is -2.57. The minimum Gasteiger partial charge on any atom is -0.481 e. The van der Waals surface area contributed by atoms with E-state index in [1.807, 2.05) is 0 Å². The van der Waals surface area contributed by atoms with Crippen molar-refractivity contribution in [3.8, 4) is 5.75 Å². The highest BCUT2D eigenvalue weighted by atomic mass is 16.5. The Morgan fingerprint density at radius 1 is 1.20 bits per heavy atom. The zero-order valence-electron chi connectivity index (χ0n) is 14.1. The highest BCUT2D eigenvalue weighted by molar-refractivity contribution is 6.07. The molecule has 0 aromatic heterocycles. The number of carboxylic acid groups (broad SMARTS) is 2. The highest BCUT2D eigenvalue weighted by Crippen LogP contribution is 2.39. The lowest BCUT2D eigenvalue weighted by molar-refractivity contribution is -0.142. The predicted octanol–water partition coefficient (Wildman–Crippen LogP) is 1.71. The number of rotatable bonds is 6. The van der Waals surface area contributed by atoms with Gasteiger partial charge in [-0.25, -0.2) is 4.79 Å². The molecular weight excluding hydrogens is 330 g/mol. The van der Waals surface area contributed by atoms with Gasteiger partial charge in [0.15, 0.2) is 11.4 Å². The highest BCUT2D eigenvalue weighted by Gasteiger charge is 2.44. The zero-order chi connectivity index (χ0) is 18.9. The van der Waals surface area contributed by atoms with E-state index in [9.17, 15) is 24.3 Å². The van der Waals surface area contributed by atoms with Crippen molar-refractivity contribution in [3.63, 3.8) is 0 Å². The second-order valence-corrected chi connectivity index (χ2v) is 6.30. The third kappa shape index (κ3) is 3.62. The largest absolute Gasteiger partial charge is 0.481 e. The minimum atomic E-state index is -1.24. The number of anilines is 1. The van der Waals surface area contributed by atoms with Gasteiger partial charge >= 0.3 is 11.9 Å². The molecule has 1 aromatic carbocycles. The van der Waals surface area contributed by atoms with Crippen LogP contribution in [0.15, 0.2) is 18.2 Å². The maximum Gasteiger partial charge on any atom is 0.326 e. The molecule has 1 aliphatic heterocycles. The van der Waals surface area contributed by atoms with E-state index in [2.05, 4.69) is 0 Å². The molecule has 1 heterocycles. The van der Waals surface area contributed by atoms with Gasteiger partial charge in [-0.1, -0.05) is 0 Å². The van der Waals surface area contributed by atoms with Gasteiger partial charge in [-0.3, -0.25) is 19.3 Å². The van der Waals surface area contributed by atoms with E-state index in [0.717, 1.165) is 4.90 Å². The fraction of sp³-hybridized carbons (Fsp3) is 0.412. The molecule has 0 saturated carbocycles.